The van der Waals surface area contributed by atoms with Crippen molar-refractivity contribution in [3.8, 4) is 0 Å². The van der Waals surface area contributed by atoms with Crippen molar-refractivity contribution in [3.05, 3.63) is 0 Å². The highest BCUT2D eigenvalue weighted by Gasteiger charge is 2.49. The molecular weight excluding hydrogens is 592 g/mol. The van der Waals surface area contributed by atoms with E-state index >= 15 is 0 Å². The highest BCUT2D eigenvalue weighted by molar-refractivity contribution is 6.07. The summed E-state index contributed by atoms with van der Waals surface area (Å²) in [6, 6.07) is 0.603. The number of likely N-dealkylation sites (tertiary alicyclic amines) is 1. The van der Waals surface area contributed by atoms with Crippen molar-refractivity contribution in [1.82, 2.24) is 19.6 Å². The molecule has 3 aliphatic heterocycles. The van der Waals surface area contributed by atoms with Crippen LogP contribution in [0.5, 0.6) is 0 Å². The van der Waals surface area contributed by atoms with E-state index in [2.05, 4.69) is 70.6 Å². The largest absolute Gasteiger partial charge is 0.378 e. The van der Waals surface area contributed by atoms with Gasteiger partial charge in [-0.25, -0.2) is 0 Å². The van der Waals surface area contributed by atoms with Crippen molar-refractivity contribution in [2.45, 2.75) is 130 Å². The van der Waals surface area contributed by atoms with Crippen LogP contribution in [0.4, 0.5) is 0 Å². The smallest absolute Gasteiger partial charge is 0.222 e. The van der Waals surface area contributed by atoms with Crippen molar-refractivity contribution in [2.75, 3.05) is 68.0 Å². The minimum absolute atomic E-state index is 0.00901. The highest BCUT2D eigenvalue weighted by atomic mass is 16.5. The minimum atomic E-state index is -1.09. The molecule has 0 aromatic carbocycles. The van der Waals surface area contributed by atoms with Gasteiger partial charge in [-0.15, -0.1) is 0 Å². The van der Waals surface area contributed by atoms with Crippen LogP contribution in [0, 0.1) is 29.1 Å². The Morgan fingerprint density at radius 3 is 2.30 bits per heavy atom. The standard InChI is InChI=1S/C38H70N4O5/c1-13-40(10)18-14-15-35(44)42-24-29(25-42)33-16-17-34(43)37(5,6)36(45)28(4)32(38(7,46-12)22-26(2)23-41(33)11)21-31-20-30(39(8)9)19-27(3)47-31/h26-33H,13-25H2,1-12H3/t26-,27-,28-,30+,31-,32-,33?,38-/m1/s1. The molecule has 0 saturated carbocycles. The number of ketones is 2. The quantitative estimate of drug-likeness (QED) is 0.302. The predicted molar refractivity (Wildman–Crippen MR) is 189 cm³/mol. The number of amides is 1. The maximum absolute atomic E-state index is 14.4. The fourth-order valence-corrected chi connectivity index (χ4v) is 8.90. The second kappa shape index (κ2) is 17.0. The lowest BCUT2D eigenvalue weighted by molar-refractivity contribution is -0.151. The molecule has 9 nitrogen and oxygen atoms in total. The molecule has 3 heterocycles. The fourth-order valence-electron chi connectivity index (χ4n) is 8.90. The summed E-state index contributed by atoms with van der Waals surface area (Å²) in [7, 11) is 10.3. The molecule has 0 bridgehead atoms. The molecule has 0 aromatic rings. The van der Waals surface area contributed by atoms with Gasteiger partial charge in [0.05, 0.1) is 23.2 Å². The molecule has 1 amide bonds. The second-order valence-electron chi connectivity index (χ2n) is 16.6. The van der Waals surface area contributed by atoms with Gasteiger partial charge in [0.2, 0.25) is 5.91 Å². The fraction of sp³-hybridized carbons (Fsp3) is 0.921. The number of carbonyl (C=O) groups excluding carboxylic acids is 3. The van der Waals surface area contributed by atoms with Gasteiger partial charge in [-0.2, -0.15) is 0 Å². The van der Waals surface area contributed by atoms with Gasteiger partial charge in [0.25, 0.3) is 0 Å². The Morgan fingerprint density at radius 1 is 1.04 bits per heavy atom. The average molecular weight is 663 g/mol. The molecule has 3 saturated heterocycles. The van der Waals surface area contributed by atoms with Crippen LogP contribution in [0.3, 0.4) is 0 Å². The third-order valence-corrected chi connectivity index (χ3v) is 12.3. The molecule has 9 heteroatoms. The van der Waals surface area contributed by atoms with Crippen LogP contribution < -0.4 is 0 Å². The van der Waals surface area contributed by atoms with E-state index in [4.69, 9.17) is 9.47 Å². The summed E-state index contributed by atoms with van der Waals surface area (Å²) in [6.45, 7) is 18.7. The van der Waals surface area contributed by atoms with E-state index in [0.29, 0.717) is 37.1 Å². The van der Waals surface area contributed by atoms with E-state index in [9.17, 15) is 14.4 Å². The Labute approximate surface area is 287 Å². The maximum Gasteiger partial charge on any atom is 0.222 e. The molecule has 272 valence electrons. The summed E-state index contributed by atoms with van der Waals surface area (Å²) in [6.07, 6.45) is 6.15. The molecule has 8 atom stereocenters. The Hall–Kier alpha value is -1.39. The van der Waals surface area contributed by atoms with Crippen LogP contribution in [0.2, 0.25) is 0 Å². The maximum atomic E-state index is 14.4. The Balaban J connectivity index is 1.82. The first-order valence-electron chi connectivity index (χ1n) is 18.5. The zero-order valence-electron chi connectivity index (χ0n) is 32.1. The van der Waals surface area contributed by atoms with Crippen LogP contribution in [-0.4, -0.2) is 135 Å². The number of carbonyl (C=O) groups is 3. The van der Waals surface area contributed by atoms with Crippen molar-refractivity contribution < 1.29 is 23.9 Å². The van der Waals surface area contributed by atoms with Crippen molar-refractivity contribution in [3.63, 3.8) is 0 Å². The molecule has 3 rings (SSSR count). The summed E-state index contributed by atoms with van der Waals surface area (Å²) < 4.78 is 12.9. The molecule has 0 radical (unpaired) electrons. The first-order valence-corrected chi connectivity index (χ1v) is 18.5. The first kappa shape index (κ1) is 40.0. The van der Waals surface area contributed by atoms with E-state index in [0.717, 1.165) is 64.8 Å². The average Bonchev–Trinajstić information content (AvgIpc) is 2.98. The van der Waals surface area contributed by atoms with Gasteiger partial charge >= 0.3 is 0 Å². The Morgan fingerprint density at radius 2 is 1.70 bits per heavy atom. The molecule has 0 aromatic heterocycles. The van der Waals surface area contributed by atoms with Gasteiger partial charge in [-0.1, -0.05) is 20.8 Å². The van der Waals surface area contributed by atoms with Gasteiger partial charge in [0, 0.05) is 63.5 Å². The highest BCUT2D eigenvalue weighted by Crippen LogP contribution is 2.43. The molecule has 3 fully saturated rings. The predicted octanol–water partition coefficient (Wildman–Crippen LogP) is 5.01. The van der Waals surface area contributed by atoms with Crippen LogP contribution in [-0.2, 0) is 23.9 Å². The molecule has 0 spiro atoms. The zero-order chi connectivity index (χ0) is 35.3. The number of methoxy groups -OCH3 is 1. The molecule has 0 N–H and O–H groups in total. The molecular formula is C38H70N4O5. The number of nitrogens with zero attached hydrogens (tertiary/aromatic N) is 4. The van der Waals surface area contributed by atoms with E-state index in [1.165, 1.54) is 0 Å². The first-order chi connectivity index (χ1) is 21.9. The molecule has 0 aliphatic carbocycles. The van der Waals surface area contributed by atoms with E-state index in [1.54, 1.807) is 7.11 Å². The number of ether oxygens (including phenoxy) is 2. The number of Topliss-reactive ketones (excluding diaryl/α,β-unsaturated/α-hetero) is 2. The summed E-state index contributed by atoms with van der Waals surface area (Å²) in [5, 5.41) is 0. The second-order valence-corrected chi connectivity index (χ2v) is 16.6. The van der Waals surface area contributed by atoms with Gasteiger partial charge in [-0.05, 0) is 119 Å². The van der Waals surface area contributed by atoms with Crippen LogP contribution in [0.15, 0.2) is 0 Å². The normalized spacial score (nSPS) is 35.4. The third kappa shape index (κ3) is 10.1. The third-order valence-electron chi connectivity index (χ3n) is 12.3. The number of hydrogen-bond acceptors (Lipinski definition) is 8. The topological polar surface area (TPSA) is 82.6 Å². The van der Waals surface area contributed by atoms with E-state index < -0.39 is 11.0 Å². The summed E-state index contributed by atoms with van der Waals surface area (Å²) in [5.74, 6) is 0.422. The molecule has 1 unspecified atom stereocenters. The summed E-state index contributed by atoms with van der Waals surface area (Å²) in [5.41, 5.74) is -1.66. The van der Waals surface area contributed by atoms with E-state index in [-0.39, 0.29) is 47.6 Å². The molecule has 3 aliphatic rings. The van der Waals surface area contributed by atoms with Crippen molar-refractivity contribution in [1.29, 1.82) is 0 Å². The van der Waals surface area contributed by atoms with Gasteiger partial charge in [-0.3, -0.25) is 14.4 Å². The van der Waals surface area contributed by atoms with Crippen molar-refractivity contribution in [2.24, 2.45) is 29.1 Å². The van der Waals surface area contributed by atoms with Gasteiger partial charge < -0.3 is 29.1 Å². The summed E-state index contributed by atoms with van der Waals surface area (Å²) >= 11 is 0. The van der Waals surface area contributed by atoms with Crippen LogP contribution in [0.1, 0.15) is 99.8 Å². The summed E-state index contributed by atoms with van der Waals surface area (Å²) in [4.78, 5) is 50.2. The Kier molecular flexibility index (Phi) is 14.5. The van der Waals surface area contributed by atoms with Crippen LogP contribution >= 0.6 is 0 Å². The van der Waals surface area contributed by atoms with Gasteiger partial charge in [0.15, 0.2) is 0 Å². The lowest BCUT2D eigenvalue weighted by Gasteiger charge is -2.47. The van der Waals surface area contributed by atoms with Crippen LogP contribution in [0.25, 0.3) is 0 Å². The zero-order valence-corrected chi connectivity index (χ0v) is 32.1. The van der Waals surface area contributed by atoms with Gasteiger partial charge in [0.1, 0.15) is 11.6 Å². The molecule has 47 heavy (non-hydrogen) atoms. The minimum Gasteiger partial charge on any atom is -0.378 e. The monoisotopic (exact) mass is 663 g/mol. The number of hydrogen-bond donors (Lipinski definition) is 0. The van der Waals surface area contributed by atoms with Crippen molar-refractivity contribution >= 4 is 17.5 Å². The number of rotatable bonds is 10. The lowest BCUT2D eigenvalue weighted by Crippen LogP contribution is -2.58. The van der Waals surface area contributed by atoms with E-state index in [1.807, 2.05) is 25.7 Å². The lowest BCUT2D eigenvalue weighted by atomic mass is 9.66. The SMILES string of the molecule is CCN(C)CCCC(=O)N1CC(C2CCC(=O)C(C)(C)C(=O)[C@H](C)[C@@H](C[C@H]3C[C@@H](N(C)C)C[C@@H](C)O3)[C@](C)(OC)C[C@@H](C)CN2C)C1. The Bertz CT molecular complexity index is 1050.